The second-order valence-corrected chi connectivity index (χ2v) is 4.76. The van der Waals surface area contributed by atoms with E-state index in [0.717, 1.165) is 0 Å². The second kappa shape index (κ2) is 6.37. The number of carbonyl (C=O) groups is 2. The summed E-state index contributed by atoms with van der Waals surface area (Å²) in [5.74, 6) is -0.502. The monoisotopic (exact) mass is 304 g/mol. The molecule has 1 aromatic heterocycles. The number of hydrogen-bond donors (Lipinski definition) is 1. The van der Waals surface area contributed by atoms with E-state index in [4.69, 9.17) is 22.1 Å². The maximum atomic E-state index is 12.2. The Bertz CT molecular complexity index is 684. The van der Waals surface area contributed by atoms with Crippen molar-refractivity contribution in [1.29, 1.82) is 0 Å². The highest BCUT2D eigenvalue weighted by molar-refractivity contribution is 6.30. The van der Waals surface area contributed by atoms with Gasteiger partial charge >= 0.3 is 0 Å². The van der Waals surface area contributed by atoms with Crippen molar-refractivity contribution in [2.24, 2.45) is 5.73 Å². The Kier molecular flexibility index (Phi) is 4.55. The number of aromatic nitrogens is 1. The third kappa shape index (κ3) is 3.58. The average molecular weight is 305 g/mol. The van der Waals surface area contributed by atoms with Crippen molar-refractivity contribution >= 4 is 23.3 Å². The minimum absolute atomic E-state index is 0.0445. The summed E-state index contributed by atoms with van der Waals surface area (Å²) in [5, 5.41) is 0.545. The van der Waals surface area contributed by atoms with E-state index < -0.39 is 5.91 Å². The van der Waals surface area contributed by atoms with Gasteiger partial charge in [-0.15, -0.1) is 0 Å². The Morgan fingerprint density at radius 3 is 2.43 bits per heavy atom. The van der Waals surface area contributed by atoms with Crippen LogP contribution in [0.4, 0.5) is 0 Å². The number of nitrogens with two attached hydrogens (primary N) is 1. The largest absolute Gasteiger partial charge is 0.481 e. The third-order valence-electron chi connectivity index (χ3n) is 2.92. The van der Waals surface area contributed by atoms with E-state index in [0.29, 0.717) is 22.2 Å². The van der Waals surface area contributed by atoms with E-state index in [-0.39, 0.29) is 17.8 Å². The van der Waals surface area contributed by atoms with Gasteiger partial charge in [0.1, 0.15) is 0 Å². The van der Waals surface area contributed by atoms with E-state index in [1.807, 2.05) is 0 Å². The Morgan fingerprint density at radius 1 is 1.19 bits per heavy atom. The number of amides is 1. The first-order valence-electron chi connectivity index (χ1n) is 6.13. The van der Waals surface area contributed by atoms with Gasteiger partial charge in [-0.25, -0.2) is 4.98 Å². The van der Waals surface area contributed by atoms with Crippen LogP contribution in [-0.2, 0) is 6.42 Å². The third-order valence-corrected chi connectivity index (χ3v) is 3.17. The van der Waals surface area contributed by atoms with Gasteiger partial charge in [0, 0.05) is 16.7 Å². The molecule has 108 valence electrons. The first-order valence-corrected chi connectivity index (χ1v) is 6.51. The van der Waals surface area contributed by atoms with Crippen LogP contribution in [-0.4, -0.2) is 23.8 Å². The van der Waals surface area contributed by atoms with Crippen LogP contribution in [0, 0.1) is 0 Å². The SMILES string of the molecule is COc1ccc(C(N)=O)c(CC(=O)c2ccc(Cl)cc2)n1. The van der Waals surface area contributed by atoms with Crippen molar-refractivity contribution < 1.29 is 14.3 Å². The zero-order valence-corrected chi connectivity index (χ0v) is 12.1. The predicted octanol–water partition coefficient (Wildman–Crippen LogP) is 2.27. The molecule has 2 N–H and O–H groups in total. The lowest BCUT2D eigenvalue weighted by molar-refractivity contribution is 0.0990. The fourth-order valence-electron chi connectivity index (χ4n) is 1.84. The molecule has 2 aromatic rings. The molecule has 0 aliphatic heterocycles. The van der Waals surface area contributed by atoms with Gasteiger partial charge in [-0.2, -0.15) is 0 Å². The van der Waals surface area contributed by atoms with Crippen LogP contribution in [0.2, 0.25) is 5.02 Å². The number of hydrogen-bond acceptors (Lipinski definition) is 4. The summed E-state index contributed by atoms with van der Waals surface area (Å²) in [4.78, 5) is 27.7. The molecule has 1 aromatic carbocycles. The van der Waals surface area contributed by atoms with Crippen molar-refractivity contribution in [3.8, 4) is 5.88 Å². The van der Waals surface area contributed by atoms with Crippen molar-refractivity contribution in [2.75, 3.05) is 7.11 Å². The molecule has 0 aliphatic rings. The summed E-state index contributed by atoms with van der Waals surface area (Å²) in [7, 11) is 1.46. The number of methoxy groups -OCH3 is 1. The Hall–Kier alpha value is -2.40. The molecule has 0 radical (unpaired) electrons. The van der Waals surface area contributed by atoms with E-state index in [1.165, 1.54) is 19.2 Å². The number of pyridine rings is 1. The normalized spacial score (nSPS) is 10.2. The molecule has 21 heavy (non-hydrogen) atoms. The number of Topliss-reactive ketones (excluding diaryl/α,β-unsaturated/α-hetero) is 1. The van der Waals surface area contributed by atoms with Crippen LogP contribution in [0.1, 0.15) is 26.4 Å². The number of benzene rings is 1. The lowest BCUT2D eigenvalue weighted by Gasteiger charge is -2.07. The molecule has 5 nitrogen and oxygen atoms in total. The lowest BCUT2D eigenvalue weighted by atomic mass is 10.0. The van der Waals surface area contributed by atoms with E-state index in [9.17, 15) is 9.59 Å². The summed E-state index contributed by atoms with van der Waals surface area (Å²) in [6.07, 6.45) is -0.0445. The number of ketones is 1. The minimum atomic E-state index is -0.635. The molecule has 0 bridgehead atoms. The van der Waals surface area contributed by atoms with Crippen LogP contribution in [0.5, 0.6) is 5.88 Å². The highest BCUT2D eigenvalue weighted by Crippen LogP contribution is 2.16. The van der Waals surface area contributed by atoms with Gasteiger partial charge in [0.2, 0.25) is 5.88 Å². The van der Waals surface area contributed by atoms with E-state index in [1.54, 1.807) is 24.3 Å². The fraction of sp³-hybridized carbons (Fsp3) is 0.133. The Balaban J connectivity index is 2.31. The van der Waals surface area contributed by atoms with Gasteiger partial charge in [-0.1, -0.05) is 11.6 Å². The van der Waals surface area contributed by atoms with Crippen LogP contribution < -0.4 is 10.5 Å². The molecule has 0 aliphatic carbocycles. The number of halogens is 1. The fourth-order valence-corrected chi connectivity index (χ4v) is 1.97. The van der Waals surface area contributed by atoms with Gasteiger partial charge in [0.25, 0.3) is 5.91 Å². The van der Waals surface area contributed by atoms with E-state index >= 15 is 0 Å². The summed E-state index contributed by atoms with van der Waals surface area (Å²) in [6.45, 7) is 0. The van der Waals surface area contributed by atoms with Gasteiger partial charge in [0.15, 0.2) is 5.78 Å². The highest BCUT2D eigenvalue weighted by Gasteiger charge is 2.16. The predicted molar refractivity (Wildman–Crippen MR) is 78.8 cm³/mol. The molecule has 0 saturated heterocycles. The molecule has 0 spiro atoms. The molecule has 1 amide bonds. The molecule has 0 saturated carbocycles. The minimum Gasteiger partial charge on any atom is -0.481 e. The first-order chi connectivity index (χ1) is 10.0. The first kappa shape index (κ1) is 15.0. The molecular formula is C15H13ClN2O3. The lowest BCUT2D eigenvalue weighted by Crippen LogP contribution is -2.17. The van der Waals surface area contributed by atoms with Gasteiger partial charge < -0.3 is 10.5 Å². The number of rotatable bonds is 5. The molecule has 1 heterocycles. The zero-order valence-electron chi connectivity index (χ0n) is 11.3. The maximum Gasteiger partial charge on any atom is 0.250 e. The molecule has 0 atom stereocenters. The Morgan fingerprint density at radius 2 is 1.86 bits per heavy atom. The van der Waals surface area contributed by atoms with Gasteiger partial charge in [0.05, 0.1) is 24.8 Å². The van der Waals surface area contributed by atoms with Crippen molar-refractivity contribution in [2.45, 2.75) is 6.42 Å². The maximum absolute atomic E-state index is 12.2. The zero-order chi connectivity index (χ0) is 15.4. The smallest absolute Gasteiger partial charge is 0.250 e. The molecule has 2 rings (SSSR count). The summed E-state index contributed by atoms with van der Waals surface area (Å²) in [6, 6.07) is 9.52. The molecule has 0 fully saturated rings. The summed E-state index contributed by atoms with van der Waals surface area (Å²) < 4.78 is 5.00. The topological polar surface area (TPSA) is 82.3 Å². The number of primary amides is 1. The van der Waals surface area contributed by atoms with Crippen molar-refractivity contribution in [3.63, 3.8) is 0 Å². The molecule has 0 unspecified atom stereocenters. The van der Waals surface area contributed by atoms with Crippen molar-refractivity contribution in [3.05, 3.63) is 58.2 Å². The van der Waals surface area contributed by atoms with Crippen LogP contribution in [0.3, 0.4) is 0 Å². The summed E-state index contributed by atoms with van der Waals surface area (Å²) in [5.41, 5.74) is 6.28. The van der Waals surface area contributed by atoms with Crippen LogP contribution >= 0.6 is 11.6 Å². The Labute approximate surface area is 126 Å². The number of nitrogens with zero attached hydrogens (tertiary/aromatic N) is 1. The summed E-state index contributed by atoms with van der Waals surface area (Å²) >= 11 is 5.78. The van der Waals surface area contributed by atoms with E-state index in [2.05, 4.69) is 4.98 Å². The molecule has 6 heteroatoms. The standard InChI is InChI=1S/C15H13ClN2O3/c1-21-14-7-6-11(15(17)20)12(18-14)8-13(19)9-2-4-10(16)5-3-9/h2-7H,8H2,1H3,(H2,17,20). The highest BCUT2D eigenvalue weighted by atomic mass is 35.5. The van der Waals surface area contributed by atoms with Gasteiger partial charge in [-0.3, -0.25) is 9.59 Å². The number of ether oxygens (including phenoxy) is 1. The number of carbonyl (C=O) groups excluding carboxylic acids is 2. The second-order valence-electron chi connectivity index (χ2n) is 4.32. The quantitative estimate of drug-likeness (QED) is 0.859. The molecular weight excluding hydrogens is 292 g/mol. The van der Waals surface area contributed by atoms with Crippen LogP contribution in [0.25, 0.3) is 0 Å². The van der Waals surface area contributed by atoms with Crippen molar-refractivity contribution in [1.82, 2.24) is 4.98 Å². The average Bonchev–Trinajstić information content (AvgIpc) is 2.47. The van der Waals surface area contributed by atoms with Gasteiger partial charge in [-0.05, 0) is 30.3 Å². The van der Waals surface area contributed by atoms with Crippen LogP contribution in [0.15, 0.2) is 36.4 Å².